The van der Waals surface area contributed by atoms with Crippen LogP contribution < -0.4 is 16.1 Å². The summed E-state index contributed by atoms with van der Waals surface area (Å²) >= 11 is 0. The average Bonchev–Trinajstić information content (AvgIpc) is 2.76. The van der Waals surface area contributed by atoms with E-state index in [1.165, 1.54) is 19.1 Å². The normalized spacial score (nSPS) is 10.8. The van der Waals surface area contributed by atoms with Crippen molar-refractivity contribution in [3.63, 3.8) is 0 Å². The number of benzene rings is 2. The lowest BCUT2D eigenvalue weighted by atomic mass is 10.1. The van der Waals surface area contributed by atoms with Crippen LogP contribution in [0.15, 0.2) is 29.4 Å². The van der Waals surface area contributed by atoms with Crippen LogP contribution in [0.5, 0.6) is 0 Å². The van der Waals surface area contributed by atoms with Crippen molar-refractivity contribution in [2.24, 2.45) is 5.16 Å². The number of aliphatic hydroxyl groups is 1. The van der Waals surface area contributed by atoms with Gasteiger partial charge in [0.1, 0.15) is 12.4 Å². The number of amides is 2. The Morgan fingerprint density at radius 2 is 1.91 bits per heavy atom. The molecule has 0 aliphatic heterocycles. The van der Waals surface area contributed by atoms with E-state index < -0.39 is 46.8 Å². The number of halogens is 3. The molecule has 0 saturated heterocycles. The number of hydroxylamine groups is 1. The van der Waals surface area contributed by atoms with Gasteiger partial charge in [0.05, 0.1) is 42.9 Å². The largest absolute Gasteiger partial charge is 0.394 e. The molecular formula is C21H23F3N4O5. The molecule has 0 unspecified atom stereocenters. The standard InChI is InChI=1S/C21H23F3N4O5/c1-12-3-4-17(16(22)9-12)27-20-15(21(31)28-33-8-6-29)10-14(18(23)19(20)24)11-26-32-7-5-25-13(2)30/h3-4,9-11,27,29H,5-8H2,1-2H3,(H,25,30)(H,28,31)/b26-11-. The summed E-state index contributed by atoms with van der Waals surface area (Å²) in [5.41, 5.74) is 0.899. The molecule has 0 aliphatic carbocycles. The van der Waals surface area contributed by atoms with Gasteiger partial charge in [-0.2, -0.15) is 0 Å². The molecule has 12 heteroatoms. The SMILES string of the molecule is CC(=O)NCCO/N=C\c1cc(C(=O)NOCCO)c(Nc2ccc(C)cc2F)c(F)c1F. The molecule has 2 rings (SSSR count). The predicted octanol–water partition coefficient (Wildman–Crippen LogP) is 2.30. The maximum Gasteiger partial charge on any atom is 0.277 e. The maximum atomic E-state index is 14.9. The highest BCUT2D eigenvalue weighted by Gasteiger charge is 2.23. The van der Waals surface area contributed by atoms with Gasteiger partial charge in [-0.25, -0.2) is 18.7 Å². The average molecular weight is 468 g/mol. The van der Waals surface area contributed by atoms with E-state index in [0.29, 0.717) is 5.56 Å². The van der Waals surface area contributed by atoms with E-state index in [9.17, 15) is 22.8 Å². The second-order valence-corrected chi connectivity index (χ2v) is 6.68. The van der Waals surface area contributed by atoms with E-state index in [4.69, 9.17) is 14.8 Å². The first-order valence-corrected chi connectivity index (χ1v) is 9.72. The van der Waals surface area contributed by atoms with E-state index in [-0.39, 0.29) is 31.4 Å². The number of aliphatic hydroxyl groups excluding tert-OH is 1. The topological polar surface area (TPSA) is 121 Å². The number of hydrogen-bond acceptors (Lipinski definition) is 7. The highest BCUT2D eigenvalue weighted by atomic mass is 19.2. The minimum absolute atomic E-state index is 0.0329. The molecular weight excluding hydrogens is 445 g/mol. The summed E-state index contributed by atoms with van der Waals surface area (Å²) in [4.78, 5) is 32.9. The third kappa shape index (κ3) is 7.47. The Hall–Kier alpha value is -3.64. The Bertz CT molecular complexity index is 1030. The van der Waals surface area contributed by atoms with Crippen molar-refractivity contribution in [1.82, 2.24) is 10.8 Å². The summed E-state index contributed by atoms with van der Waals surface area (Å²) in [6, 6.07) is 5.00. The Kier molecular flexibility index (Phi) is 9.63. The summed E-state index contributed by atoms with van der Waals surface area (Å²) in [6.45, 7) is 2.43. The van der Waals surface area contributed by atoms with Crippen LogP contribution in [-0.2, 0) is 14.5 Å². The molecule has 0 bridgehead atoms. The number of rotatable bonds is 11. The number of aryl methyl sites for hydroxylation is 1. The molecule has 33 heavy (non-hydrogen) atoms. The van der Waals surface area contributed by atoms with E-state index in [1.54, 1.807) is 13.0 Å². The number of anilines is 2. The molecule has 9 nitrogen and oxygen atoms in total. The molecule has 0 aliphatic rings. The van der Waals surface area contributed by atoms with Crippen LogP contribution in [-0.4, -0.2) is 49.5 Å². The number of carbonyl (C=O) groups excluding carboxylic acids is 2. The summed E-state index contributed by atoms with van der Waals surface area (Å²) in [5.74, 6) is -4.84. The summed E-state index contributed by atoms with van der Waals surface area (Å²) < 4.78 is 43.8. The van der Waals surface area contributed by atoms with Crippen molar-refractivity contribution in [3.8, 4) is 0 Å². The van der Waals surface area contributed by atoms with Crippen LogP contribution in [0, 0.1) is 24.4 Å². The molecule has 0 fully saturated rings. The van der Waals surface area contributed by atoms with Crippen molar-refractivity contribution in [2.75, 3.05) is 31.7 Å². The quantitative estimate of drug-likeness (QED) is 0.228. The minimum atomic E-state index is -1.47. The van der Waals surface area contributed by atoms with Gasteiger partial charge >= 0.3 is 0 Å². The van der Waals surface area contributed by atoms with Gasteiger partial charge < -0.3 is 20.6 Å². The highest BCUT2D eigenvalue weighted by molar-refractivity contribution is 6.01. The molecule has 0 saturated carbocycles. The third-order valence-electron chi connectivity index (χ3n) is 4.06. The molecule has 4 N–H and O–H groups in total. The van der Waals surface area contributed by atoms with Crippen molar-refractivity contribution in [1.29, 1.82) is 0 Å². The van der Waals surface area contributed by atoms with Gasteiger partial charge in [0, 0.05) is 12.5 Å². The lowest BCUT2D eigenvalue weighted by Gasteiger charge is -2.15. The van der Waals surface area contributed by atoms with Crippen molar-refractivity contribution in [2.45, 2.75) is 13.8 Å². The number of nitrogens with zero attached hydrogens (tertiary/aromatic N) is 1. The second-order valence-electron chi connectivity index (χ2n) is 6.68. The highest BCUT2D eigenvalue weighted by Crippen LogP contribution is 2.30. The summed E-state index contributed by atoms with van der Waals surface area (Å²) in [7, 11) is 0. The van der Waals surface area contributed by atoms with E-state index in [2.05, 4.69) is 15.8 Å². The van der Waals surface area contributed by atoms with Crippen LogP contribution in [0.4, 0.5) is 24.5 Å². The third-order valence-corrected chi connectivity index (χ3v) is 4.06. The first-order valence-electron chi connectivity index (χ1n) is 9.72. The Balaban J connectivity index is 2.35. The second kappa shape index (κ2) is 12.4. The Labute approximate surface area is 187 Å². The van der Waals surface area contributed by atoms with Gasteiger partial charge in [-0.1, -0.05) is 11.2 Å². The van der Waals surface area contributed by atoms with Crippen molar-refractivity contribution in [3.05, 3.63) is 58.4 Å². The molecule has 2 amide bonds. The number of oxime groups is 1. The molecule has 0 aromatic heterocycles. The van der Waals surface area contributed by atoms with Crippen LogP contribution in [0.2, 0.25) is 0 Å². The fourth-order valence-electron chi connectivity index (χ4n) is 2.53. The van der Waals surface area contributed by atoms with Crippen LogP contribution in [0.1, 0.15) is 28.4 Å². The first kappa shape index (κ1) is 25.6. The molecule has 2 aromatic rings. The van der Waals surface area contributed by atoms with Gasteiger partial charge in [0.25, 0.3) is 5.91 Å². The zero-order valence-corrected chi connectivity index (χ0v) is 17.9. The van der Waals surface area contributed by atoms with Gasteiger partial charge in [-0.05, 0) is 30.7 Å². The van der Waals surface area contributed by atoms with E-state index in [0.717, 1.165) is 12.3 Å². The van der Waals surface area contributed by atoms with Gasteiger partial charge in [0.2, 0.25) is 5.91 Å². The molecule has 2 aromatic carbocycles. The molecule has 178 valence electrons. The minimum Gasteiger partial charge on any atom is -0.394 e. The van der Waals surface area contributed by atoms with E-state index >= 15 is 0 Å². The smallest absolute Gasteiger partial charge is 0.277 e. The van der Waals surface area contributed by atoms with Crippen molar-refractivity contribution >= 4 is 29.4 Å². The maximum absolute atomic E-state index is 14.9. The lowest BCUT2D eigenvalue weighted by Crippen LogP contribution is -2.26. The zero-order chi connectivity index (χ0) is 24.4. The Morgan fingerprint density at radius 1 is 1.15 bits per heavy atom. The van der Waals surface area contributed by atoms with Gasteiger partial charge in [-0.15, -0.1) is 0 Å². The fraction of sp³-hybridized carbons (Fsp3) is 0.286. The number of hydrogen-bond donors (Lipinski definition) is 4. The monoisotopic (exact) mass is 468 g/mol. The fourth-order valence-corrected chi connectivity index (χ4v) is 2.53. The van der Waals surface area contributed by atoms with Crippen LogP contribution in [0.3, 0.4) is 0 Å². The Morgan fingerprint density at radius 3 is 2.58 bits per heavy atom. The van der Waals surface area contributed by atoms with E-state index in [1.807, 2.05) is 5.48 Å². The predicted molar refractivity (Wildman–Crippen MR) is 114 cm³/mol. The van der Waals surface area contributed by atoms with Crippen LogP contribution >= 0.6 is 0 Å². The summed E-state index contributed by atoms with van der Waals surface area (Å²) in [6.07, 6.45) is 0.841. The zero-order valence-electron chi connectivity index (χ0n) is 17.9. The van der Waals surface area contributed by atoms with Crippen molar-refractivity contribution < 1.29 is 37.5 Å². The lowest BCUT2D eigenvalue weighted by molar-refractivity contribution is -0.119. The van der Waals surface area contributed by atoms with Gasteiger partial charge in [-0.3, -0.25) is 14.4 Å². The van der Waals surface area contributed by atoms with Crippen LogP contribution in [0.25, 0.3) is 0 Å². The summed E-state index contributed by atoms with van der Waals surface area (Å²) in [5, 5.41) is 17.1. The number of nitrogens with one attached hydrogen (secondary N) is 3. The molecule has 0 spiro atoms. The van der Waals surface area contributed by atoms with Gasteiger partial charge in [0.15, 0.2) is 11.6 Å². The first-order chi connectivity index (χ1) is 15.7. The number of carbonyl (C=O) groups is 2. The molecule has 0 radical (unpaired) electrons. The molecule has 0 heterocycles. The molecule has 0 atom stereocenters.